The van der Waals surface area contributed by atoms with Crippen molar-refractivity contribution in [1.82, 2.24) is 30.6 Å². The number of nitrogens with one attached hydrogen (secondary N) is 2. The summed E-state index contributed by atoms with van der Waals surface area (Å²) in [5, 5.41) is 5.79. The van der Waals surface area contributed by atoms with Crippen molar-refractivity contribution in [2.24, 2.45) is 0 Å². The molecule has 0 aliphatic carbocycles. The van der Waals surface area contributed by atoms with Crippen LogP contribution in [-0.2, 0) is 4.79 Å². The maximum Gasteiger partial charge on any atom is 0.269 e. The number of carbonyl (C=O) groups excluding carboxylic acids is 2. The van der Waals surface area contributed by atoms with E-state index < -0.39 is 0 Å². The molecule has 150 valence electrons. The monoisotopic (exact) mass is 418 g/mol. The lowest BCUT2D eigenvalue weighted by Gasteiger charge is -2.08. The zero-order valence-electron chi connectivity index (χ0n) is 16.1. The molecular formula is C21H18N6O2S. The van der Waals surface area contributed by atoms with Gasteiger partial charge >= 0.3 is 0 Å². The van der Waals surface area contributed by atoms with Gasteiger partial charge in [0.05, 0.1) is 23.0 Å². The van der Waals surface area contributed by atoms with Crippen LogP contribution >= 0.6 is 11.8 Å². The highest BCUT2D eigenvalue weighted by Gasteiger charge is 2.13. The molecule has 0 radical (unpaired) electrons. The molecule has 2 amide bonds. The first-order valence-electron chi connectivity index (χ1n) is 9.14. The largest absolute Gasteiger partial charge is 0.272 e. The topological polar surface area (TPSA) is 102 Å². The Morgan fingerprint density at radius 2 is 1.77 bits per heavy atom. The summed E-state index contributed by atoms with van der Waals surface area (Å²) in [5.41, 5.74) is 7.91. The minimum absolute atomic E-state index is 0.0802. The van der Waals surface area contributed by atoms with Crippen molar-refractivity contribution in [3.63, 3.8) is 0 Å². The summed E-state index contributed by atoms with van der Waals surface area (Å²) in [4.78, 5) is 32.8. The van der Waals surface area contributed by atoms with E-state index in [0.29, 0.717) is 16.2 Å². The van der Waals surface area contributed by atoms with Crippen molar-refractivity contribution in [3.8, 4) is 5.69 Å². The molecule has 0 bridgehead atoms. The molecule has 4 aromatic rings. The first-order valence-corrected chi connectivity index (χ1v) is 10.1. The van der Waals surface area contributed by atoms with Crippen LogP contribution in [0.1, 0.15) is 15.9 Å². The van der Waals surface area contributed by atoms with Gasteiger partial charge in [0.2, 0.25) is 5.91 Å². The fourth-order valence-electron chi connectivity index (χ4n) is 2.77. The quantitative estimate of drug-likeness (QED) is 0.294. The number of aromatic nitrogens is 4. The first kappa shape index (κ1) is 19.6. The van der Waals surface area contributed by atoms with Crippen LogP contribution in [0, 0.1) is 6.92 Å². The lowest BCUT2D eigenvalue weighted by Crippen LogP contribution is -2.42. The third-order valence-corrected chi connectivity index (χ3v) is 5.30. The predicted octanol–water partition coefficient (Wildman–Crippen LogP) is 2.68. The SMILES string of the molecule is Cc1ccc(C(=O)NNC(=O)CSc2ncnc3c2cnn3-c2ccccc2)cc1. The van der Waals surface area contributed by atoms with Gasteiger partial charge in [0, 0.05) is 5.56 Å². The fraction of sp³-hybridized carbons (Fsp3) is 0.0952. The number of hydrogen-bond acceptors (Lipinski definition) is 6. The minimum atomic E-state index is -0.373. The van der Waals surface area contributed by atoms with Gasteiger partial charge in [0.25, 0.3) is 5.91 Å². The first-order chi connectivity index (χ1) is 14.6. The van der Waals surface area contributed by atoms with E-state index in [4.69, 9.17) is 0 Å². The van der Waals surface area contributed by atoms with Crippen molar-refractivity contribution in [1.29, 1.82) is 0 Å². The third-order valence-electron chi connectivity index (χ3n) is 4.30. The fourth-order valence-corrected chi connectivity index (χ4v) is 3.53. The molecule has 2 aromatic heterocycles. The average molecular weight is 418 g/mol. The number of nitrogens with zero attached hydrogens (tertiary/aromatic N) is 4. The normalized spacial score (nSPS) is 10.7. The summed E-state index contributed by atoms with van der Waals surface area (Å²) in [6, 6.07) is 16.7. The van der Waals surface area contributed by atoms with Crippen LogP contribution in [0.15, 0.2) is 72.1 Å². The lowest BCUT2D eigenvalue weighted by molar-refractivity contribution is -0.119. The number of benzene rings is 2. The molecule has 30 heavy (non-hydrogen) atoms. The van der Waals surface area contributed by atoms with Crippen LogP contribution in [0.2, 0.25) is 0 Å². The van der Waals surface area contributed by atoms with Gasteiger partial charge in [0.1, 0.15) is 11.4 Å². The van der Waals surface area contributed by atoms with Gasteiger partial charge in [-0.3, -0.25) is 20.4 Å². The highest BCUT2D eigenvalue weighted by atomic mass is 32.2. The summed E-state index contributed by atoms with van der Waals surface area (Å²) in [5.74, 6) is -0.638. The van der Waals surface area contributed by atoms with Gasteiger partial charge in [0.15, 0.2) is 5.65 Å². The minimum Gasteiger partial charge on any atom is -0.272 e. The molecule has 9 heteroatoms. The molecule has 0 unspecified atom stereocenters. The number of amides is 2. The molecule has 0 saturated carbocycles. The van der Waals surface area contributed by atoms with E-state index in [1.165, 1.54) is 18.1 Å². The average Bonchev–Trinajstić information content (AvgIpc) is 3.22. The third kappa shape index (κ3) is 4.31. The van der Waals surface area contributed by atoms with Gasteiger partial charge in [-0.2, -0.15) is 5.10 Å². The second-order valence-electron chi connectivity index (χ2n) is 6.47. The maximum absolute atomic E-state index is 12.2. The van der Waals surface area contributed by atoms with Crippen molar-refractivity contribution in [2.75, 3.05) is 5.75 Å². The van der Waals surface area contributed by atoms with Crippen molar-refractivity contribution in [3.05, 3.63) is 78.2 Å². The summed E-state index contributed by atoms with van der Waals surface area (Å²) in [6.45, 7) is 1.94. The van der Waals surface area contributed by atoms with Crippen LogP contribution in [0.5, 0.6) is 0 Å². The van der Waals surface area contributed by atoms with Crippen molar-refractivity contribution >= 4 is 34.6 Å². The number of thioether (sulfide) groups is 1. The van der Waals surface area contributed by atoms with Gasteiger partial charge in [-0.25, -0.2) is 14.6 Å². The van der Waals surface area contributed by atoms with E-state index in [0.717, 1.165) is 16.6 Å². The van der Waals surface area contributed by atoms with Crippen LogP contribution < -0.4 is 10.9 Å². The zero-order valence-corrected chi connectivity index (χ0v) is 16.9. The predicted molar refractivity (Wildman–Crippen MR) is 114 cm³/mol. The number of para-hydroxylation sites is 1. The summed E-state index contributed by atoms with van der Waals surface area (Å²) in [7, 11) is 0. The van der Waals surface area contributed by atoms with E-state index in [1.807, 2.05) is 49.4 Å². The molecule has 2 aromatic carbocycles. The van der Waals surface area contributed by atoms with Crippen molar-refractivity contribution in [2.45, 2.75) is 11.9 Å². The Bertz CT molecular complexity index is 1190. The number of aryl methyl sites for hydroxylation is 1. The number of carbonyl (C=O) groups is 2. The second kappa shape index (κ2) is 8.75. The van der Waals surface area contributed by atoms with Crippen LogP contribution in [0.3, 0.4) is 0 Å². The summed E-state index contributed by atoms with van der Waals surface area (Å²) >= 11 is 1.25. The lowest BCUT2D eigenvalue weighted by atomic mass is 10.1. The molecule has 2 heterocycles. The van der Waals surface area contributed by atoms with Gasteiger partial charge in [-0.05, 0) is 31.2 Å². The Morgan fingerprint density at radius 3 is 2.53 bits per heavy atom. The Balaban J connectivity index is 1.39. The van der Waals surface area contributed by atoms with Gasteiger partial charge < -0.3 is 0 Å². The maximum atomic E-state index is 12.2. The number of hydrogen-bond donors (Lipinski definition) is 2. The Hall–Kier alpha value is -3.72. The van der Waals surface area contributed by atoms with Crippen LogP contribution in [0.25, 0.3) is 16.7 Å². The number of hydrazine groups is 1. The van der Waals surface area contributed by atoms with E-state index in [9.17, 15) is 9.59 Å². The van der Waals surface area contributed by atoms with Crippen LogP contribution in [0.4, 0.5) is 0 Å². The molecular weight excluding hydrogens is 400 g/mol. The smallest absolute Gasteiger partial charge is 0.269 e. The molecule has 0 fully saturated rings. The van der Waals surface area contributed by atoms with E-state index >= 15 is 0 Å². The number of fused-ring (bicyclic) bond motifs is 1. The highest BCUT2D eigenvalue weighted by Crippen LogP contribution is 2.25. The zero-order chi connectivity index (χ0) is 20.9. The molecule has 8 nitrogen and oxygen atoms in total. The summed E-state index contributed by atoms with van der Waals surface area (Å²) < 4.78 is 1.73. The summed E-state index contributed by atoms with van der Waals surface area (Å²) in [6.07, 6.45) is 3.13. The van der Waals surface area contributed by atoms with E-state index in [1.54, 1.807) is 23.0 Å². The Kier molecular flexibility index (Phi) is 5.71. The highest BCUT2D eigenvalue weighted by molar-refractivity contribution is 8.00. The standard InChI is InChI=1S/C21H18N6O2S/c1-14-7-9-15(10-8-14)20(29)26-25-18(28)12-30-21-17-11-24-27(19(17)22-13-23-21)16-5-3-2-4-6-16/h2-11,13H,12H2,1H3,(H,25,28)(H,26,29). The van der Waals surface area contributed by atoms with E-state index in [-0.39, 0.29) is 17.6 Å². The molecule has 0 atom stereocenters. The Morgan fingerprint density at radius 1 is 1.00 bits per heavy atom. The molecule has 0 saturated heterocycles. The van der Waals surface area contributed by atoms with Gasteiger partial charge in [-0.15, -0.1) is 0 Å². The van der Waals surface area contributed by atoms with E-state index in [2.05, 4.69) is 25.9 Å². The van der Waals surface area contributed by atoms with Crippen LogP contribution in [-0.4, -0.2) is 37.3 Å². The molecule has 0 aliphatic rings. The molecule has 2 N–H and O–H groups in total. The van der Waals surface area contributed by atoms with Gasteiger partial charge in [-0.1, -0.05) is 47.7 Å². The molecule has 0 aliphatic heterocycles. The van der Waals surface area contributed by atoms with Crippen molar-refractivity contribution < 1.29 is 9.59 Å². The number of rotatable bonds is 5. The Labute approximate surface area is 176 Å². The second-order valence-corrected chi connectivity index (χ2v) is 7.43. The molecule has 0 spiro atoms. The molecule has 4 rings (SSSR count).